The van der Waals surface area contributed by atoms with Crippen molar-refractivity contribution in [3.05, 3.63) is 53.6 Å². The number of imidazole rings is 1. The molecule has 8 nitrogen and oxygen atoms in total. The SMILES string of the molecule is CCOCCCn1c(SCc2cccc(C(=O)OC)c2)nc2cc(S(=O)(=O)N3CCCC(C)C3)ccc21. The number of fused-ring (bicyclic) bond motifs is 1. The largest absolute Gasteiger partial charge is 0.465 e. The average molecular weight is 546 g/mol. The molecule has 0 radical (unpaired) electrons. The number of aromatic nitrogens is 2. The number of sulfonamides is 1. The molecule has 1 fully saturated rings. The number of carbonyl (C=O) groups excluding carboxylic acids is 1. The van der Waals surface area contributed by atoms with Gasteiger partial charge in [0.05, 0.1) is 28.6 Å². The number of methoxy groups -OCH3 is 1. The number of thioether (sulfide) groups is 1. The van der Waals surface area contributed by atoms with Gasteiger partial charge in [0, 0.05) is 38.6 Å². The summed E-state index contributed by atoms with van der Waals surface area (Å²) in [7, 11) is -2.20. The normalized spacial score (nSPS) is 16.8. The molecule has 4 rings (SSSR count). The highest BCUT2D eigenvalue weighted by Gasteiger charge is 2.29. The van der Waals surface area contributed by atoms with Gasteiger partial charge in [0.2, 0.25) is 10.0 Å². The number of hydrogen-bond donors (Lipinski definition) is 0. The Hall–Kier alpha value is -2.40. The van der Waals surface area contributed by atoms with Crippen molar-refractivity contribution in [1.29, 1.82) is 0 Å². The molecule has 0 N–H and O–H groups in total. The van der Waals surface area contributed by atoms with Crippen molar-refractivity contribution in [2.75, 3.05) is 33.4 Å². The van der Waals surface area contributed by atoms with Gasteiger partial charge in [-0.15, -0.1) is 0 Å². The summed E-state index contributed by atoms with van der Waals surface area (Å²) in [6, 6.07) is 12.6. The highest BCUT2D eigenvalue weighted by atomic mass is 32.2. The van der Waals surface area contributed by atoms with Crippen LogP contribution < -0.4 is 0 Å². The lowest BCUT2D eigenvalue weighted by Crippen LogP contribution is -2.39. The Morgan fingerprint density at radius 3 is 2.81 bits per heavy atom. The molecule has 200 valence electrons. The lowest BCUT2D eigenvalue weighted by Gasteiger charge is -2.30. The number of benzene rings is 2. The highest BCUT2D eigenvalue weighted by Crippen LogP contribution is 2.30. The van der Waals surface area contributed by atoms with E-state index >= 15 is 0 Å². The van der Waals surface area contributed by atoms with Crippen LogP contribution in [0.25, 0.3) is 11.0 Å². The third-order valence-corrected chi connectivity index (χ3v) is 9.44. The van der Waals surface area contributed by atoms with Crippen LogP contribution in [0.4, 0.5) is 0 Å². The molecule has 0 aliphatic carbocycles. The Balaban J connectivity index is 1.62. The minimum absolute atomic E-state index is 0.287. The number of aryl methyl sites for hydroxylation is 1. The number of ether oxygens (including phenoxy) is 2. The fraction of sp³-hybridized carbons (Fsp3) is 0.481. The molecule has 3 aromatic rings. The molecule has 10 heteroatoms. The number of esters is 1. The number of nitrogens with zero attached hydrogens (tertiary/aromatic N) is 3. The third kappa shape index (κ3) is 6.54. The highest BCUT2D eigenvalue weighted by molar-refractivity contribution is 7.98. The van der Waals surface area contributed by atoms with Crippen LogP contribution in [0.1, 0.15) is 49.0 Å². The molecule has 1 atom stereocenters. The summed E-state index contributed by atoms with van der Waals surface area (Å²) < 4.78 is 40.8. The predicted molar refractivity (Wildman–Crippen MR) is 145 cm³/mol. The van der Waals surface area contributed by atoms with Gasteiger partial charge < -0.3 is 14.0 Å². The van der Waals surface area contributed by atoms with Gasteiger partial charge in [-0.3, -0.25) is 0 Å². The molecule has 1 unspecified atom stereocenters. The molecule has 1 saturated heterocycles. The Kier molecular flexibility index (Phi) is 9.28. The molecular formula is C27H35N3O5S2. The maximum Gasteiger partial charge on any atom is 0.337 e. The van der Waals surface area contributed by atoms with Crippen molar-refractivity contribution in [3.63, 3.8) is 0 Å². The van der Waals surface area contributed by atoms with Gasteiger partial charge in [-0.25, -0.2) is 18.2 Å². The van der Waals surface area contributed by atoms with E-state index in [1.165, 1.54) is 7.11 Å². The zero-order valence-corrected chi connectivity index (χ0v) is 23.3. The molecule has 2 aromatic carbocycles. The van der Waals surface area contributed by atoms with Crippen LogP contribution in [0.5, 0.6) is 0 Å². The van der Waals surface area contributed by atoms with Crippen LogP contribution in [0.2, 0.25) is 0 Å². The molecule has 1 aliphatic rings. The van der Waals surface area contributed by atoms with Crippen LogP contribution in [0.3, 0.4) is 0 Å². The summed E-state index contributed by atoms with van der Waals surface area (Å²) in [6.45, 7) is 7.19. The second-order valence-corrected chi connectivity index (χ2v) is 12.2. The molecule has 0 saturated carbocycles. The number of carbonyl (C=O) groups is 1. The van der Waals surface area contributed by atoms with E-state index in [0.717, 1.165) is 35.5 Å². The summed E-state index contributed by atoms with van der Waals surface area (Å²) in [5, 5.41) is 0.802. The van der Waals surface area contributed by atoms with E-state index in [-0.39, 0.29) is 10.9 Å². The van der Waals surface area contributed by atoms with E-state index in [1.807, 2.05) is 31.2 Å². The molecule has 37 heavy (non-hydrogen) atoms. The molecule has 2 heterocycles. The van der Waals surface area contributed by atoms with E-state index in [0.29, 0.717) is 55.6 Å². The molecule has 0 bridgehead atoms. The monoisotopic (exact) mass is 545 g/mol. The van der Waals surface area contributed by atoms with Crippen molar-refractivity contribution in [1.82, 2.24) is 13.9 Å². The van der Waals surface area contributed by atoms with Crippen molar-refractivity contribution in [2.45, 2.75) is 55.5 Å². The zero-order valence-electron chi connectivity index (χ0n) is 21.7. The van der Waals surface area contributed by atoms with Crippen LogP contribution in [0.15, 0.2) is 52.5 Å². The van der Waals surface area contributed by atoms with E-state index in [9.17, 15) is 13.2 Å². The fourth-order valence-electron chi connectivity index (χ4n) is 4.61. The second kappa shape index (κ2) is 12.4. The number of hydrogen-bond acceptors (Lipinski definition) is 7. The van der Waals surface area contributed by atoms with Crippen molar-refractivity contribution < 1.29 is 22.7 Å². The molecular weight excluding hydrogens is 510 g/mol. The summed E-state index contributed by atoms with van der Waals surface area (Å²) in [4.78, 5) is 17.1. The van der Waals surface area contributed by atoms with Gasteiger partial charge in [-0.1, -0.05) is 30.8 Å². The minimum atomic E-state index is -3.57. The molecule has 1 aliphatic heterocycles. The van der Waals surface area contributed by atoms with Crippen LogP contribution in [-0.2, 0) is 31.8 Å². The minimum Gasteiger partial charge on any atom is -0.465 e. The molecule has 0 spiro atoms. The van der Waals surface area contributed by atoms with E-state index in [4.69, 9.17) is 14.5 Å². The van der Waals surface area contributed by atoms with Gasteiger partial charge >= 0.3 is 5.97 Å². The van der Waals surface area contributed by atoms with Crippen LogP contribution >= 0.6 is 11.8 Å². The first-order valence-corrected chi connectivity index (χ1v) is 15.1. The zero-order chi connectivity index (χ0) is 26.4. The third-order valence-electron chi connectivity index (χ3n) is 6.53. The summed E-state index contributed by atoms with van der Waals surface area (Å²) in [5.74, 6) is 0.598. The number of piperidine rings is 1. The standard InChI is InChI=1S/C27H35N3O5S2/c1-4-35-15-7-14-30-25-12-11-23(37(32,33)29-13-6-8-20(2)18-29)17-24(25)28-27(30)36-19-21-9-5-10-22(16-21)26(31)34-3/h5,9-12,16-17,20H,4,6-8,13-15,18-19H2,1-3H3. The fourth-order valence-corrected chi connectivity index (χ4v) is 7.21. The lowest BCUT2D eigenvalue weighted by atomic mass is 10.0. The Bertz CT molecular complexity index is 1340. The Labute approximate surface area is 223 Å². The molecule has 0 amide bonds. The Morgan fingerprint density at radius 1 is 1.22 bits per heavy atom. The van der Waals surface area contributed by atoms with Crippen LogP contribution in [-0.4, -0.2) is 61.7 Å². The maximum absolute atomic E-state index is 13.4. The van der Waals surface area contributed by atoms with Gasteiger partial charge in [0.1, 0.15) is 0 Å². The van der Waals surface area contributed by atoms with E-state index < -0.39 is 10.0 Å². The van der Waals surface area contributed by atoms with Crippen molar-refractivity contribution in [3.8, 4) is 0 Å². The first kappa shape index (κ1) is 27.6. The maximum atomic E-state index is 13.4. The van der Waals surface area contributed by atoms with Gasteiger partial charge in [0.15, 0.2) is 5.16 Å². The summed E-state index contributed by atoms with van der Waals surface area (Å²) in [6.07, 6.45) is 2.76. The lowest BCUT2D eigenvalue weighted by molar-refractivity contribution is 0.0600. The quantitative estimate of drug-likeness (QED) is 0.191. The Morgan fingerprint density at radius 2 is 2.05 bits per heavy atom. The summed E-state index contributed by atoms with van der Waals surface area (Å²) >= 11 is 1.56. The topological polar surface area (TPSA) is 90.7 Å². The number of rotatable bonds is 11. The first-order valence-electron chi connectivity index (χ1n) is 12.7. The van der Waals surface area contributed by atoms with E-state index in [2.05, 4.69) is 11.5 Å². The average Bonchev–Trinajstić information content (AvgIpc) is 3.26. The second-order valence-electron chi connectivity index (χ2n) is 9.34. The van der Waals surface area contributed by atoms with Crippen molar-refractivity contribution >= 4 is 38.8 Å². The van der Waals surface area contributed by atoms with Crippen molar-refractivity contribution in [2.24, 2.45) is 5.92 Å². The summed E-state index contributed by atoms with van der Waals surface area (Å²) in [5.41, 5.74) is 3.04. The van der Waals surface area contributed by atoms with Gasteiger partial charge in [0.25, 0.3) is 0 Å². The first-order chi connectivity index (χ1) is 17.8. The predicted octanol–water partition coefficient (Wildman–Crippen LogP) is 4.96. The van der Waals surface area contributed by atoms with Gasteiger partial charge in [-0.05, 0) is 68.0 Å². The van der Waals surface area contributed by atoms with E-state index in [1.54, 1.807) is 34.3 Å². The molecule has 1 aromatic heterocycles. The van der Waals surface area contributed by atoms with Gasteiger partial charge in [-0.2, -0.15) is 4.31 Å². The smallest absolute Gasteiger partial charge is 0.337 e. The van der Waals surface area contributed by atoms with Crippen LogP contribution in [0, 0.1) is 5.92 Å².